The summed E-state index contributed by atoms with van der Waals surface area (Å²) >= 11 is 5.60. The van der Waals surface area contributed by atoms with E-state index in [1.54, 1.807) is 11.0 Å². The molecule has 0 aromatic heterocycles. The number of rotatable bonds is 2. The fourth-order valence-electron chi connectivity index (χ4n) is 1.99. The quantitative estimate of drug-likeness (QED) is 0.555. The summed E-state index contributed by atoms with van der Waals surface area (Å²) in [4.78, 5) is 13.4. The summed E-state index contributed by atoms with van der Waals surface area (Å²) in [6, 6.07) is 7.94. The predicted molar refractivity (Wildman–Crippen MR) is 62.3 cm³/mol. The smallest absolute Gasteiger partial charge is 0.242 e. The van der Waals surface area contributed by atoms with Crippen molar-refractivity contribution in [1.29, 1.82) is 0 Å². The van der Waals surface area contributed by atoms with Crippen LogP contribution in [0.2, 0.25) is 0 Å². The van der Waals surface area contributed by atoms with Crippen molar-refractivity contribution in [3.63, 3.8) is 0 Å². The van der Waals surface area contributed by atoms with Crippen molar-refractivity contribution < 1.29 is 4.79 Å². The van der Waals surface area contributed by atoms with E-state index in [-0.39, 0.29) is 17.8 Å². The second-order valence-electron chi connectivity index (χ2n) is 3.53. The molecule has 0 saturated heterocycles. The first kappa shape index (κ1) is 10.2. The summed E-state index contributed by atoms with van der Waals surface area (Å²) in [6.45, 7) is 3.76. The van der Waals surface area contributed by atoms with E-state index in [4.69, 9.17) is 11.6 Å². The van der Waals surface area contributed by atoms with Gasteiger partial charge in [-0.2, -0.15) is 0 Å². The zero-order chi connectivity index (χ0) is 10.8. The number of amides is 1. The summed E-state index contributed by atoms with van der Waals surface area (Å²) in [7, 11) is 0. The second-order valence-corrected chi connectivity index (χ2v) is 3.80. The summed E-state index contributed by atoms with van der Waals surface area (Å²) in [6.07, 6.45) is 2.63. The van der Waals surface area contributed by atoms with Gasteiger partial charge < -0.3 is 4.90 Å². The van der Waals surface area contributed by atoms with Gasteiger partial charge >= 0.3 is 0 Å². The van der Waals surface area contributed by atoms with Crippen LogP contribution in [0.15, 0.2) is 36.9 Å². The zero-order valence-electron chi connectivity index (χ0n) is 8.32. The van der Waals surface area contributed by atoms with Crippen molar-refractivity contribution in [1.82, 2.24) is 0 Å². The molecule has 1 atom stereocenters. The number of hydrogen-bond acceptors (Lipinski definition) is 1. The SMILES string of the molecule is C=CC1Cc2ccccc2N1C(=O)CCl. The van der Waals surface area contributed by atoms with Crippen molar-refractivity contribution in [3.05, 3.63) is 42.5 Å². The molecule has 2 rings (SSSR count). The Morgan fingerprint density at radius 3 is 3.00 bits per heavy atom. The largest absolute Gasteiger partial charge is 0.304 e. The standard InChI is InChI=1S/C12H12ClNO/c1-2-10-7-9-5-3-4-6-11(9)14(10)12(15)8-13/h2-6,10H,1,7-8H2. The fraction of sp³-hybridized carbons (Fsp3) is 0.250. The van der Waals surface area contributed by atoms with E-state index in [9.17, 15) is 4.79 Å². The van der Waals surface area contributed by atoms with Gasteiger partial charge in [0.05, 0.1) is 6.04 Å². The maximum atomic E-state index is 11.7. The van der Waals surface area contributed by atoms with Gasteiger partial charge in [-0.3, -0.25) is 4.79 Å². The van der Waals surface area contributed by atoms with E-state index >= 15 is 0 Å². The Balaban J connectivity index is 2.42. The Hall–Kier alpha value is -1.28. The van der Waals surface area contributed by atoms with Crippen LogP contribution in [0.25, 0.3) is 0 Å². The first-order valence-corrected chi connectivity index (χ1v) is 5.40. The van der Waals surface area contributed by atoms with Crippen molar-refractivity contribution >= 4 is 23.2 Å². The monoisotopic (exact) mass is 221 g/mol. The van der Waals surface area contributed by atoms with Gasteiger partial charge in [0.2, 0.25) is 5.91 Å². The van der Waals surface area contributed by atoms with Crippen LogP contribution in [0.4, 0.5) is 5.69 Å². The number of benzene rings is 1. The molecule has 0 fully saturated rings. The molecule has 0 radical (unpaired) electrons. The van der Waals surface area contributed by atoms with Crippen LogP contribution in [0, 0.1) is 0 Å². The lowest BCUT2D eigenvalue weighted by Gasteiger charge is -2.21. The third-order valence-corrected chi connectivity index (χ3v) is 2.90. The highest BCUT2D eigenvalue weighted by Gasteiger charge is 2.30. The van der Waals surface area contributed by atoms with Gasteiger partial charge in [-0.1, -0.05) is 24.3 Å². The highest BCUT2D eigenvalue weighted by Crippen LogP contribution is 2.32. The molecule has 1 heterocycles. The minimum absolute atomic E-state index is 0.0126. The number of carbonyl (C=O) groups excluding carboxylic acids is 1. The van der Waals surface area contributed by atoms with E-state index in [2.05, 4.69) is 6.58 Å². The Labute approximate surface area is 94.2 Å². The molecule has 1 unspecified atom stereocenters. The molecule has 2 nitrogen and oxygen atoms in total. The molecule has 0 aliphatic carbocycles. The van der Waals surface area contributed by atoms with Crippen LogP contribution in [0.1, 0.15) is 5.56 Å². The molecular formula is C12H12ClNO. The normalized spacial score (nSPS) is 18.7. The van der Waals surface area contributed by atoms with E-state index in [1.807, 2.05) is 24.3 Å². The first-order valence-electron chi connectivity index (χ1n) is 4.86. The van der Waals surface area contributed by atoms with Crippen LogP contribution in [-0.2, 0) is 11.2 Å². The van der Waals surface area contributed by atoms with E-state index in [0.29, 0.717) is 0 Å². The Kier molecular flexibility index (Phi) is 2.78. The Bertz CT molecular complexity index is 402. The molecule has 1 aliphatic heterocycles. The van der Waals surface area contributed by atoms with Crippen molar-refractivity contribution in [2.75, 3.05) is 10.8 Å². The molecule has 0 N–H and O–H groups in total. The van der Waals surface area contributed by atoms with Gasteiger partial charge in [0.15, 0.2) is 0 Å². The summed E-state index contributed by atoms with van der Waals surface area (Å²) in [5.41, 5.74) is 2.15. The summed E-state index contributed by atoms with van der Waals surface area (Å²) in [5, 5.41) is 0. The van der Waals surface area contributed by atoms with Gasteiger partial charge in [-0.15, -0.1) is 18.2 Å². The third-order valence-electron chi connectivity index (χ3n) is 2.67. The maximum Gasteiger partial charge on any atom is 0.242 e. The van der Waals surface area contributed by atoms with Crippen LogP contribution < -0.4 is 4.90 Å². The van der Waals surface area contributed by atoms with Crippen LogP contribution >= 0.6 is 11.6 Å². The zero-order valence-corrected chi connectivity index (χ0v) is 9.07. The molecular weight excluding hydrogens is 210 g/mol. The first-order chi connectivity index (χ1) is 7.27. The Morgan fingerprint density at radius 2 is 2.33 bits per heavy atom. The van der Waals surface area contributed by atoms with Gasteiger partial charge in [0.25, 0.3) is 0 Å². The average molecular weight is 222 g/mol. The third kappa shape index (κ3) is 1.65. The number of fused-ring (bicyclic) bond motifs is 1. The number of alkyl halides is 1. The van der Waals surface area contributed by atoms with Gasteiger partial charge in [0, 0.05) is 5.69 Å². The number of halogens is 1. The number of hydrogen-bond donors (Lipinski definition) is 0. The molecule has 78 valence electrons. The lowest BCUT2D eigenvalue weighted by atomic mass is 10.1. The lowest BCUT2D eigenvalue weighted by Crippen LogP contribution is -2.37. The number of para-hydroxylation sites is 1. The topological polar surface area (TPSA) is 20.3 Å². The molecule has 1 amide bonds. The van der Waals surface area contributed by atoms with E-state index in [1.165, 1.54) is 5.56 Å². The van der Waals surface area contributed by atoms with Crippen molar-refractivity contribution in [2.24, 2.45) is 0 Å². The Morgan fingerprint density at radius 1 is 1.60 bits per heavy atom. The second kappa shape index (κ2) is 4.07. The molecule has 3 heteroatoms. The predicted octanol–water partition coefficient (Wildman–Crippen LogP) is 2.37. The van der Waals surface area contributed by atoms with Gasteiger partial charge in [-0.05, 0) is 18.1 Å². The van der Waals surface area contributed by atoms with E-state index in [0.717, 1.165) is 12.1 Å². The molecule has 0 saturated carbocycles. The van der Waals surface area contributed by atoms with Gasteiger partial charge in [-0.25, -0.2) is 0 Å². The lowest BCUT2D eigenvalue weighted by molar-refractivity contribution is -0.116. The minimum atomic E-state index is -0.0634. The highest BCUT2D eigenvalue weighted by atomic mass is 35.5. The molecule has 1 aliphatic rings. The fourth-order valence-corrected chi connectivity index (χ4v) is 2.11. The number of nitrogens with zero attached hydrogens (tertiary/aromatic N) is 1. The van der Waals surface area contributed by atoms with E-state index < -0.39 is 0 Å². The molecule has 15 heavy (non-hydrogen) atoms. The highest BCUT2D eigenvalue weighted by molar-refractivity contribution is 6.29. The molecule has 1 aromatic carbocycles. The maximum absolute atomic E-state index is 11.7. The number of anilines is 1. The molecule has 0 spiro atoms. The average Bonchev–Trinajstić information content (AvgIpc) is 2.66. The van der Waals surface area contributed by atoms with Crippen molar-refractivity contribution in [3.8, 4) is 0 Å². The van der Waals surface area contributed by atoms with Crippen LogP contribution in [0.3, 0.4) is 0 Å². The molecule has 1 aromatic rings. The minimum Gasteiger partial charge on any atom is -0.304 e. The van der Waals surface area contributed by atoms with Gasteiger partial charge in [0.1, 0.15) is 5.88 Å². The van der Waals surface area contributed by atoms with Crippen LogP contribution in [0.5, 0.6) is 0 Å². The number of carbonyl (C=O) groups is 1. The summed E-state index contributed by atoms with van der Waals surface area (Å²) < 4.78 is 0. The van der Waals surface area contributed by atoms with Crippen LogP contribution in [-0.4, -0.2) is 17.8 Å². The summed E-state index contributed by atoms with van der Waals surface area (Å²) in [5.74, 6) is -0.0508. The molecule has 0 bridgehead atoms. The van der Waals surface area contributed by atoms with Crippen molar-refractivity contribution in [2.45, 2.75) is 12.5 Å².